The Balaban J connectivity index is 2.06. The SMILES string of the molecule is Fc1ccc(Cn2ncc3cc(Br)cc(CBr)c32)cc1F. The number of aromatic nitrogens is 2. The van der Waals surface area contributed by atoms with E-state index in [-0.39, 0.29) is 0 Å². The molecule has 2 nitrogen and oxygen atoms in total. The van der Waals surface area contributed by atoms with Crippen molar-refractivity contribution in [2.75, 3.05) is 0 Å². The van der Waals surface area contributed by atoms with E-state index in [0.29, 0.717) is 17.4 Å². The first kappa shape index (κ1) is 14.7. The van der Waals surface area contributed by atoms with Crippen molar-refractivity contribution in [1.29, 1.82) is 0 Å². The number of fused-ring (bicyclic) bond motifs is 1. The Morgan fingerprint density at radius 3 is 2.62 bits per heavy atom. The maximum atomic E-state index is 13.3. The molecule has 0 spiro atoms. The fourth-order valence-electron chi connectivity index (χ4n) is 2.31. The van der Waals surface area contributed by atoms with E-state index in [0.717, 1.165) is 27.0 Å². The van der Waals surface area contributed by atoms with Crippen molar-refractivity contribution in [3.8, 4) is 0 Å². The van der Waals surface area contributed by atoms with Crippen molar-refractivity contribution >= 4 is 42.8 Å². The van der Waals surface area contributed by atoms with Crippen LogP contribution in [0.1, 0.15) is 11.1 Å². The molecule has 0 bridgehead atoms. The lowest BCUT2D eigenvalue weighted by molar-refractivity contribution is 0.506. The predicted octanol–water partition coefficient (Wildman–Crippen LogP) is 5.02. The molecule has 21 heavy (non-hydrogen) atoms. The summed E-state index contributed by atoms with van der Waals surface area (Å²) in [5, 5.41) is 6.04. The molecular weight excluding hydrogens is 406 g/mol. The molecule has 0 saturated carbocycles. The maximum Gasteiger partial charge on any atom is 0.159 e. The second kappa shape index (κ2) is 5.85. The van der Waals surface area contributed by atoms with Gasteiger partial charge in [0.15, 0.2) is 11.6 Å². The fraction of sp³-hybridized carbons (Fsp3) is 0.133. The lowest BCUT2D eigenvalue weighted by Crippen LogP contribution is -2.03. The van der Waals surface area contributed by atoms with Gasteiger partial charge in [-0.3, -0.25) is 4.68 Å². The quantitative estimate of drug-likeness (QED) is 0.549. The van der Waals surface area contributed by atoms with Gasteiger partial charge in [0.05, 0.1) is 18.3 Å². The van der Waals surface area contributed by atoms with Crippen LogP contribution in [0, 0.1) is 11.6 Å². The maximum absolute atomic E-state index is 13.3. The third-order valence-electron chi connectivity index (χ3n) is 3.24. The molecule has 0 aliphatic carbocycles. The second-order valence-electron chi connectivity index (χ2n) is 4.69. The smallest absolute Gasteiger partial charge is 0.159 e. The Hall–Kier alpha value is -1.27. The molecular formula is C15H10Br2F2N2. The molecule has 3 aromatic rings. The standard InChI is InChI=1S/C15H10Br2F2N2/c16-6-10-4-12(17)5-11-7-20-21(15(10)11)8-9-1-2-13(18)14(19)3-9/h1-5,7H,6,8H2. The molecule has 0 unspecified atom stereocenters. The van der Waals surface area contributed by atoms with Crippen molar-refractivity contribution in [1.82, 2.24) is 9.78 Å². The van der Waals surface area contributed by atoms with Gasteiger partial charge in [0.2, 0.25) is 0 Å². The van der Waals surface area contributed by atoms with Crippen molar-refractivity contribution in [2.24, 2.45) is 0 Å². The van der Waals surface area contributed by atoms with Crippen LogP contribution in [-0.2, 0) is 11.9 Å². The van der Waals surface area contributed by atoms with Gasteiger partial charge in [-0.2, -0.15) is 5.10 Å². The number of rotatable bonds is 3. The van der Waals surface area contributed by atoms with Crippen LogP contribution in [0.15, 0.2) is 41.0 Å². The lowest BCUT2D eigenvalue weighted by atomic mass is 10.1. The summed E-state index contributed by atoms with van der Waals surface area (Å²) in [5.74, 6) is -1.68. The minimum absolute atomic E-state index is 0.391. The molecule has 0 fully saturated rings. The second-order valence-corrected chi connectivity index (χ2v) is 6.16. The number of hydrogen-bond acceptors (Lipinski definition) is 1. The third kappa shape index (κ3) is 2.87. The minimum atomic E-state index is -0.840. The molecule has 0 N–H and O–H groups in total. The molecule has 0 aliphatic heterocycles. The van der Waals surface area contributed by atoms with Gasteiger partial charge in [-0.05, 0) is 35.4 Å². The van der Waals surface area contributed by atoms with Crippen LogP contribution in [0.2, 0.25) is 0 Å². The zero-order valence-electron chi connectivity index (χ0n) is 10.8. The van der Waals surface area contributed by atoms with Gasteiger partial charge in [-0.1, -0.05) is 37.9 Å². The number of halogens is 4. The van der Waals surface area contributed by atoms with E-state index in [2.05, 4.69) is 37.0 Å². The summed E-state index contributed by atoms with van der Waals surface area (Å²) < 4.78 is 29.1. The summed E-state index contributed by atoms with van der Waals surface area (Å²) in [6.45, 7) is 0.391. The van der Waals surface area contributed by atoms with Crippen molar-refractivity contribution < 1.29 is 8.78 Å². The first-order chi connectivity index (χ1) is 10.1. The Bertz CT molecular complexity index is 815. The number of benzene rings is 2. The monoisotopic (exact) mass is 414 g/mol. The summed E-state index contributed by atoms with van der Waals surface area (Å²) in [6.07, 6.45) is 1.77. The molecule has 6 heteroatoms. The Morgan fingerprint density at radius 1 is 1.10 bits per heavy atom. The van der Waals surface area contributed by atoms with E-state index < -0.39 is 11.6 Å². The van der Waals surface area contributed by atoms with E-state index in [1.165, 1.54) is 6.07 Å². The van der Waals surface area contributed by atoms with Crippen molar-refractivity contribution in [2.45, 2.75) is 11.9 Å². The van der Waals surface area contributed by atoms with Crippen molar-refractivity contribution in [3.05, 3.63) is 63.8 Å². The first-order valence-electron chi connectivity index (χ1n) is 6.22. The fourth-order valence-corrected chi connectivity index (χ4v) is 3.26. The lowest BCUT2D eigenvalue weighted by Gasteiger charge is -2.08. The summed E-state index contributed by atoms with van der Waals surface area (Å²) in [7, 11) is 0. The predicted molar refractivity (Wildman–Crippen MR) is 85.5 cm³/mol. The Morgan fingerprint density at radius 2 is 1.90 bits per heavy atom. The molecule has 0 amide bonds. The third-order valence-corrected chi connectivity index (χ3v) is 4.30. The van der Waals surface area contributed by atoms with Gasteiger partial charge in [0.1, 0.15) is 0 Å². The minimum Gasteiger partial charge on any atom is -0.260 e. The number of nitrogens with zero attached hydrogens (tertiary/aromatic N) is 2. The van der Waals surface area contributed by atoms with Gasteiger partial charge in [0.25, 0.3) is 0 Å². The topological polar surface area (TPSA) is 17.8 Å². The van der Waals surface area contributed by atoms with Crippen LogP contribution in [0.3, 0.4) is 0 Å². The van der Waals surface area contributed by atoms with Gasteiger partial charge < -0.3 is 0 Å². The molecule has 0 atom stereocenters. The normalized spacial score (nSPS) is 11.2. The molecule has 3 rings (SSSR count). The zero-order valence-corrected chi connectivity index (χ0v) is 14.0. The highest BCUT2D eigenvalue weighted by Crippen LogP contribution is 2.26. The van der Waals surface area contributed by atoms with E-state index >= 15 is 0 Å². The van der Waals surface area contributed by atoms with Gasteiger partial charge in [-0.25, -0.2) is 8.78 Å². The Kier molecular flexibility index (Phi) is 4.08. The summed E-state index contributed by atoms with van der Waals surface area (Å²) in [6, 6.07) is 7.91. The highest BCUT2D eigenvalue weighted by molar-refractivity contribution is 9.10. The van der Waals surface area contributed by atoms with Gasteiger partial charge in [-0.15, -0.1) is 0 Å². The zero-order chi connectivity index (χ0) is 15.0. The Labute approximate surface area is 137 Å². The summed E-state index contributed by atoms with van der Waals surface area (Å²) >= 11 is 6.94. The van der Waals surface area contributed by atoms with Crippen LogP contribution in [0.4, 0.5) is 8.78 Å². The van der Waals surface area contributed by atoms with E-state index in [4.69, 9.17) is 0 Å². The van der Waals surface area contributed by atoms with Crippen molar-refractivity contribution in [3.63, 3.8) is 0 Å². The molecule has 1 heterocycles. The molecule has 0 aliphatic rings. The highest BCUT2D eigenvalue weighted by atomic mass is 79.9. The molecule has 2 aromatic carbocycles. The average molecular weight is 416 g/mol. The van der Waals surface area contributed by atoms with Crippen LogP contribution >= 0.6 is 31.9 Å². The van der Waals surface area contributed by atoms with Crippen LogP contribution in [0.5, 0.6) is 0 Å². The summed E-state index contributed by atoms with van der Waals surface area (Å²) in [5.41, 5.74) is 2.74. The molecule has 108 valence electrons. The number of alkyl halides is 1. The van der Waals surface area contributed by atoms with Crippen LogP contribution in [-0.4, -0.2) is 9.78 Å². The molecule has 0 radical (unpaired) electrons. The highest BCUT2D eigenvalue weighted by Gasteiger charge is 2.10. The summed E-state index contributed by atoms with van der Waals surface area (Å²) in [4.78, 5) is 0. The molecule has 1 aromatic heterocycles. The van der Waals surface area contributed by atoms with Gasteiger partial charge in [0, 0.05) is 15.2 Å². The average Bonchev–Trinajstić information content (AvgIpc) is 2.85. The van der Waals surface area contributed by atoms with Gasteiger partial charge >= 0.3 is 0 Å². The van der Waals surface area contributed by atoms with E-state index in [1.54, 1.807) is 16.9 Å². The molecule has 0 saturated heterocycles. The largest absolute Gasteiger partial charge is 0.260 e. The number of hydrogen-bond donors (Lipinski definition) is 0. The van der Waals surface area contributed by atoms with Crippen LogP contribution < -0.4 is 0 Å². The van der Waals surface area contributed by atoms with Crippen LogP contribution in [0.25, 0.3) is 10.9 Å². The van der Waals surface area contributed by atoms with E-state index in [9.17, 15) is 8.78 Å². The first-order valence-corrected chi connectivity index (χ1v) is 8.14. The van der Waals surface area contributed by atoms with E-state index in [1.807, 2.05) is 12.1 Å².